The summed E-state index contributed by atoms with van der Waals surface area (Å²) in [4.78, 5) is 0. The summed E-state index contributed by atoms with van der Waals surface area (Å²) in [6, 6.07) is 5.86. The fraction of sp³-hybridized carbons (Fsp3) is 0.412. The number of fused-ring (bicyclic) bond motifs is 1. The third-order valence-electron chi connectivity index (χ3n) is 4.84. The average molecular weight is 478 g/mol. The van der Waals surface area contributed by atoms with Crippen LogP contribution in [0.1, 0.15) is 6.42 Å². The Bertz CT molecular complexity index is 1210. The number of rotatable bonds is 3. The van der Waals surface area contributed by atoms with Gasteiger partial charge in [0.2, 0.25) is 0 Å². The van der Waals surface area contributed by atoms with Gasteiger partial charge < -0.3 is 0 Å². The van der Waals surface area contributed by atoms with Crippen LogP contribution in [-0.4, -0.2) is 52.3 Å². The summed E-state index contributed by atoms with van der Waals surface area (Å²) in [7, 11) is -12.7. The molecule has 4 nitrogen and oxygen atoms in total. The molecule has 3 rings (SSSR count). The minimum atomic E-state index is -6.66. The van der Waals surface area contributed by atoms with Crippen LogP contribution in [0.4, 0.5) is 30.7 Å². The Hall–Kier alpha value is -1.89. The Morgan fingerprint density at radius 1 is 0.833 bits per heavy atom. The second kappa shape index (κ2) is 7.36. The van der Waals surface area contributed by atoms with E-state index >= 15 is 0 Å². The average Bonchev–Trinajstić information content (AvgIpc) is 2.83. The van der Waals surface area contributed by atoms with Gasteiger partial charge in [0.25, 0.3) is 9.84 Å². The SMILES string of the molecule is O=S(=O)(C(=C1C=c2ccccc2=CC1)S(=O)(=O)C(F)(F)F)C1C(F)C(F)C(F)C1F. The van der Waals surface area contributed by atoms with Crippen molar-refractivity contribution < 1.29 is 47.6 Å². The normalized spacial score (nSPS) is 31.5. The molecule has 0 amide bonds. The van der Waals surface area contributed by atoms with Gasteiger partial charge in [-0.15, -0.1) is 0 Å². The molecule has 1 saturated carbocycles. The molecular formula is C17H13F7O4S2. The Morgan fingerprint density at radius 3 is 1.83 bits per heavy atom. The number of hydrogen-bond donors (Lipinski definition) is 0. The van der Waals surface area contributed by atoms with Crippen molar-refractivity contribution in [3.63, 3.8) is 0 Å². The Labute approximate surface area is 166 Å². The third kappa shape index (κ3) is 3.45. The highest BCUT2D eigenvalue weighted by molar-refractivity contribution is 8.15. The van der Waals surface area contributed by atoms with Gasteiger partial charge >= 0.3 is 5.51 Å². The zero-order chi connectivity index (χ0) is 22.6. The van der Waals surface area contributed by atoms with Crippen molar-refractivity contribution in [3.05, 3.63) is 44.5 Å². The summed E-state index contributed by atoms with van der Waals surface area (Å²) in [5.74, 6) is 0. The molecule has 1 aromatic rings. The van der Waals surface area contributed by atoms with E-state index in [9.17, 15) is 47.6 Å². The van der Waals surface area contributed by atoms with E-state index in [1.807, 2.05) is 0 Å². The predicted molar refractivity (Wildman–Crippen MR) is 93.5 cm³/mol. The maximum absolute atomic E-state index is 14.1. The molecule has 30 heavy (non-hydrogen) atoms. The Morgan fingerprint density at radius 2 is 1.33 bits per heavy atom. The van der Waals surface area contributed by atoms with Gasteiger partial charge in [0.05, 0.1) is 0 Å². The molecule has 0 aliphatic heterocycles. The molecule has 0 aromatic heterocycles. The lowest BCUT2D eigenvalue weighted by Crippen LogP contribution is -2.41. The van der Waals surface area contributed by atoms with E-state index in [0.717, 1.165) is 6.08 Å². The molecule has 2 aliphatic carbocycles. The van der Waals surface area contributed by atoms with Crippen molar-refractivity contribution in [1.29, 1.82) is 0 Å². The predicted octanol–water partition coefficient (Wildman–Crippen LogP) is 1.95. The molecular weight excluding hydrogens is 465 g/mol. The maximum Gasteiger partial charge on any atom is 0.502 e. The first-order chi connectivity index (χ1) is 13.7. The number of sulfone groups is 2. The summed E-state index contributed by atoms with van der Waals surface area (Å²) in [5, 5.41) is -2.69. The number of alkyl halides is 7. The Balaban J connectivity index is 2.34. The van der Waals surface area contributed by atoms with Crippen LogP contribution >= 0.6 is 0 Å². The summed E-state index contributed by atoms with van der Waals surface area (Å²) in [5.41, 5.74) is -7.06. The van der Waals surface area contributed by atoms with E-state index in [1.54, 1.807) is 6.07 Å². The standard InChI is InChI=1S/C17H13F7O4S2/c18-11-12(19)14(21)15(13(11)20)29(25,26)16(30(27,28)17(22,23)24)10-6-5-8-3-1-2-4-9(8)7-10/h1-5,7,11-15H,6H2. The monoisotopic (exact) mass is 478 g/mol. The van der Waals surface area contributed by atoms with Crippen LogP contribution in [0.3, 0.4) is 0 Å². The first-order valence-electron chi connectivity index (χ1n) is 8.33. The highest BCUT2D eigenvalue weighted by Gasteiger charge is 2.63. The van der Waals surface area contributed by atoms with E-state index in [2.05, 4.69) is 0 Å². The van der Waals surface area contributed by atoms with Crippen molar-refractivity contribution >= 4 is 31.8 Å². The number of halogens is 7. The van der Waals surface area contributed by atoms with Crippen molar-refractivity contribution in [2.75, 3.05) is 0 Å². The van der Waals surface area contributed by atoms with Gasteiger partial charge in [-0.3, -0.25) is 0 Å². The van der Waals surface area contributed by atoms with Gasteiger partial charge in [-0.1, -0.05) is 30.3 Å². The largest absolute Gasteiger partial charge is 0.502 e. The molecule has 166 valence electrons. The molecule has 0 radical (unpaired) electrons. The minimum absolute atomic E-state index is 0.149. The fourth-order valence-corrected chi connectivity index (χ4v) is 7.68. The molecule has 0 spiro atoms. The summed E-state index contributed by atoms with van der Waals surface area (Å²) in [6.07, 6.45) is -11.9. The molecule has 1 fully saturated rings. The fourth-order valence-electron chi connectivity index (χ4n) is 3.41. The summed E-state index contributed by atoms with van der Waals surface area (Å²) < 4.78 is 142. The van der Waals surface area contributed by atoms with Crippen LogP contribution in [-0.2, 0) is 19.7 Å². The van der Waals surface area contributed by atoms with Crippen LogP contribution in [0, 0.1) is 0 Å². The first-order valence-corrected chi connectivity index (χ1v) is 11.4. The molecule has 1 aromatic carbocycles. The third-order valence-corrected chi connectivity index (χ3v) is 9.57. The zero-order valence-corrected chi connectivity index (χ0v) is 16.3. The van der Waals surface area contributed by atoms with Crippen molar-refractivity contribution in [2.45, 2.75) is 41.9 Å². The van der Waals surface area contributed by atoms with Gasteiger partial charge in [0.15, 0.2) is 38.8 Å². The van der Waals surface area contributed by atoms with Crippen LogP contribution in [0.25, 0.3) is 12.2 Å². The lowest BCUT2D eigenvalue weighted by atomic mass is 10.0. The minimum Gasteiger partial charge on any atom is -0.243 e. The van der Waals surface area contributed by atoms with Gasteiger partial charge in [0.1, 0.15) is 5.25 Å². The lowest BCUT2D eigenvalue weighted by Gasteiger charge is -2.22. The molecule has 4 unspecified atom stereocenters. The van der Waals surface area contributed by atoms with Gasteiger partial charge in [0, 0.05) is 0 Å². The Kier molecular flexibility index (Phi) is 5.59. The quantitative estimate of drug-likeness (QED) is 0.623. The highest BCUT2D eigenvalue weighted by atomic mass is 32.3. The molecule has 4 atom stereocenters. The van der Waals surface area contributed by atoms with Gasteiger partial charge in [-0.2, -0.15) is 13.2 Å². The highest BCUT2D eigenvalue weighted by Crippen LogP contribution is 2.43. The van der Waals surface area contributed by atoms with Crippen LogP contribution in [0.15, 0.2) is 34.1 Å². The second-order valence-corrected chi connectivity index (χ2v) is 10.9. The van der Waals surface area contributed by atoms with Crippen LogP contribution in [0.2, 0.25) is 0 Å². The van der Waals surface area contributed by atoms with E-state index in [-0.39, 0.29) is 5.22 Å². The molecule has 0 saturated heterocycles. The topological polar surface area (TPSA) is 68.3 Å². The van der Waals surface area contributed by atoms with E-state index in [1.165, 1.54) is 24.3 Å². The number of hydrogen-bond acceptors (Lipinski definition) is 4. The smallest absolute Gasteiger partial charge is 0.243 e. The molecule has 0 bridgehead atoms. The summed E-state index contributed by atoms with van der Waals surface area (Å²) in [6.45, 7) is 0. The van der Waals surface area contributed by atoms with Crippen molar-refractivity contribution in [3.8, 4) is 0 Å². The van der Waals surface area contributed by atoms with Crippen LogP contribution in [0.5, 0.6) is 0 Å². The van der Waals surface area contributed by atoms with Crippen LogP contribution < -0.4 is 10.4 Å². The van der Waals surface area contributed by atoms with Gasteiger partial charge in [-0.25, -0.2) is 34.4 Å². The lowest BCUT2D eigenvalue weighted by molar-refractivity contribution is -0.0425. The van der Waals surface area contributed by atoms with Crippen molar-refractivity contribution in [1.82, 2.24) is 0 Å². The molecule has 0 heterocycles. The van der Waals surface area contributed by atoms with E-state index in [4.69, 9.17) is 0 Å². The second-order valence-electron chi connectivity index (χ2n) is 6.73. The maximum atomic E-state index is 14.1. The number of allylic oxidation sites excluding steroid dienone is 1. The summed E-state index contributed by atoms with van der Waals surface area (Å²) >= 11 is 0. The first kappa shape index (κ1) is 22.8. The molecule has 13 heteroatoms. The zero-order valence-electron chi connectivity index (χ0n) is 14.7. The van der Waals surface area contributed by atoms with Crippen molar-refractivity contribution in [2.24, 2.45) is 0 Å². The molecule has 0 N–H and O–H groups in total. The van der Waals surface area contributed by atoms with Gasteiger partial charge in [-0.05, 0) is 28.5 Å². The van der Waals surface area contributed by atoms with E-state index < -0.39 is 71.4 Å². The van der Waals surface area contributed by atoms with E-state index in [0.29, 0.717) is 5.22 Å². The number of benzene rings is 1. The molecule has 2 aliphatic rings.